The molecule has 11 heteroatoms. The van der Waals surface area contributed by atoms with Crippen LogP contribution in [-0.4, -0.2) is 30.9 Å². The molecule has 0 saturated heterocycles. The normalized spacial score (nSPS) is 11.6. The number of aromatic nitrogens is 6. The predicted octanol–water partition coefficient (Wildman–Crippen LogP) is 2.02. The number of allylic oxidation sites excluding steroid dienone is 1. The summed E-state index contributed by atoms with van der Waals surface area (Å²) in [5.41, 5.74) is 1.25. The molecule has 1 aromatic carbocycles. The van der Waals surface area contributed by atoms with Crippen molar-refractivity contribution >= 4 is 45.5 Å². The number of H-pyrrole nitrogens is 1. The summed E-state index contributed by atoms with van der Waals surface area (Å²) in [5, 5.41) is 33.0. The highest BCUT2D eigenvalue weighted by atomic mass is 35.5. The molecule has 0 aliphatic heterocycles. The fraction of sp³-hybridized carbons (Fsp3) is 0. The van der Waals surface area contributed by atoms with Gasteiger partial charge in [0.1, 0.15) is 11.6 Å². The molecule has 0 atom stereocenters. The zero-order valence-electron chi connectivity index (χ0n) is 10.0. The number of rotatable bonds is 3. The van der Waals surface area contributed by atoms with Crippen LogP contribution < -0.4 is 5.32 Å². The van der Waals surface area contributed by atoms with Gasteiger partial charge in [-0.25, -0.2) is 4.63 Å². The van der Waals surface area contributed by atoms with Gasteiger partial charge in [-0.2, -0.15) is 10.5 Å². The number of halogens is 2. The molecular formula is C10H4Cl2N8O. The van der Waals surface area contributed by atoms with Crippen molar-refractivity contribution < 1.29 is 4.63 Å². The van der Waals surface area contributed by atoms with Gasteiger partial charge in [-0.1, -0.05) is 23.2 Å². The maximum atomic E-state index is 9.08. The third kappa shape index (κ3) is 2.37. The van der Waals surface area contributed by atoms with Gasteiger partial charge >= 0.3 is 0 Å². The first-order valence-electron chi connectivity index (χ1n) is 5.41. The molecule has 0 fully saturated rings. The second-order valence-electron chi connectivity index (χ2n) is 3.73. The fourth-order valence-electron chi connectivity index (χ4n) is 1.58. The topological polar surface area (TPSA) is 129 Å². The Kier molecular flexibility index (Phi) is 3.39. The number of nitrogens with zero attached hydrogens (tertiary/aromatic N) is 6. The highest BCUT2D eigenvalue weighted by Crippen LogP contribution is 2.34. The SMILES string of the molecule is N#CC(=CNc1c(Cl)cc(Cl)c2nonc12)c1nn[nH]n1. The van der Waals surface area contributed by atoms with Crippen LogP contribution in [0.5, 0.6) is 0 Å². The van der Waals surface area contributed by atoms with Gasteiger partial charge in [0, 0.05) is 6.20 Å². The molecule has 0 radical (unpaired) electrons. The summed E-state index contributed by atoms with van der Waals surface area (Å²) in [6, 6.07) is 3.42. The first-order chi connectivity index (χ1) is 10.2. The summed E-state index contributed by atoms with van der Waals surface area (Å²) in [6.07, 6.45) is 1.37. The summed E-state index contributed by atoms with van der Waals surface area (Å²) in [5.74, 6) is 0.143. The first-order valence-corrected chi connectivity index (χ1v) is 6.17. The van der Waals surface area contributed by atoms with E-state index in [1.54, 1.807) is 0 Å². The highest BCUT2D eigenvalue weighted by molar-refractivity contribution is 6.40. The van der Waals surface area contributed by atoms with Crippen molar-refractivity contribution in [1.82, 2.24) is 30.9 Å². The van der Waals surface area contributed by atoms with Crippen LogP contribution in [0, 0.1) is 11.3 Å². The average Bonchev–Trinajstić information content (AvgIpc) is 3.13. The summed E-state index contributed by atoms with van der Waals surface area (Å²) >= 11 is 12.1. The molecule has 3 aromatic rings. The van der Waals surface area contributed by atoms with Crippen molar-refractivity contribution in [2.75, 3.05) is 5.32 Å². The van der Waals surface area contributed by atoms with E-state index in [0.29, 0.717) is 26.8 Å². The van der Waals surface area contributed by atoms with Crippen LogP contribution in [0.25, 0.3) is 16.6 Å². The quantitative estimate of drug-likeness (QED) is 0.700. The molecule has 0 spiro atoms. The van der Waals surface area contributed by atoms with Gasteiger partial charge in [0.2, 0.25) is 5.82 Å². The van der Waals surface area contributed by atoms with Crippen molar-refractivity contribution in [3.8, 4) is 6.07 Å². The van der Waals surface area contributed by atoms with Crippen molar-refractivity contribution in [3.63, 3.8) is 0 Å². The number of hydrogen-bond donors (Lipinski definition) is 2. The van der Waals surface area contributed by atoms with Crippen LogP contribution in [0.3, 0.4) is 0 Å². The maximum absolute atomic E-state index is 9.08. The van der Waals surface area contributed by atoms with Crippen molar-refractivity contribution in [2.45, 2.75) is 0 Å². The average molecular weight is 323 g/mol. The minimum Gasteiger partial charge on any atom is -0.357 e. The van der Waals surface area contributed by atoms with E-state index in [0.717, 1.165) is 0 Å². The first kappa shape index (κ1) is 13.3. The van der Waals surface area contributed by atoms with Crippen molar-refractivity contribution in [1.29, 1.82) is 5.26 Å². The Balaban J connectivity index is 2.03. The highest BCUT2D eigenvalue weighted by Gasteiger charge is 2.15. The number of anilines is 1. The lowest BCUT2D eigenvalue weighted by Crippen LogP contribution is -1.95. The molecule has 0 saturated carbocycles. The van der Waals surface area contributed by atoms with Crippen LogP contribution in [0.15, 0.2) is 16.9 Å². The van der Waals surface area contributed by atoms with Gasteiger partial charge in [0.15, 0.2) is 11.0 Å². The number of hydrogen-bond acceptors (Lipinski definition) is 8. The molecule has 9 nitrogen and oxygen atoms in total. The standard InChI is InChI=1S/C10H4Cl2N8O/c11-5-1-6(12)8-9(18-21-17-8)7(5)14-3-4(2-13)10-15-19-20-16-10/h1,3,14H,(H,15,16,19,20). The molecule has 21 heavy (non-hydrogen) atoms. The van der Waals surface area contributed by atoms with Gasteiger partial charge in [-0.15, -0.1) is 10.2 Å². The number of aromatic amines is 1. The molecule has 0 bridgehead atoms. The van der Waals surface area contributed by atoms with E-state index in [2.05, 4.69) is 40.9 Å². The van der Waals surface area contributed by atoms with E-state index >= 15 is 0 Å². The van der Waals surface area contributed by atoms with Crippen LogP contribution in [0.4, 0.5) is 5.69 Å². The molecule has 2 N–H and O–H groups in total. The van der Waals surface area contributed by atoms with Gasteiger partial charge in [0.05, 0.1) is 15.7 Å². The second kappa shape index (κ2) is 5.35. The zero-order valence-corrected chi connectivity index (χ0v) is 11.5. The Hall–Kier alpha value is -2.70. The van der Waals surface area contributed by atoms with Gasteiger partial charge < -0.3 is 5.32 Å². The lowest BCUT2D eigenvalue weighted by Gasteiger charge is -2.04. The van der Waals surface area contributed by atoms with E-state index in [1.165, 1.54) is 12.3 Å². The maximum Gasteiger partial charge on any atom is 0.216 e. The number of nitriles is 1. The zero-order chi connectivity index (χ0) is 14.8. The molecule has 3 rings (SSSR count). The lowest BCUT2D eigenvalue weighted by molar-refractivity contribution is 0.315. The molecule has 2 aromatic heterocycles. The minimum absolute atomic E-state index is 0.143. The molecule has 2 heterocycles. The molecule has 0 aliphatic carbocycles. The fourth-order valence-corrected chi connectivity index (χ4v) is 2.12. The lowest BCUT2D eigenvalue weighted by atomic mass is 10.2. The Bertz CT molecular complexity index is 863. The summed E-state index contributed by atoms with van der Waals surface area (Å²) < 4.78 is 4.64. The Morgan fingerprint density at radius 1 is 1.33 bits per heavy atom. The Morgan fingerprint density at radius 2 is 2.14 bits per heavy atom. The second-order valence-corrected chi connectivity index (χ2v) is 4.54. The summed E-state index contributed by atoms with van der Waals surface area (Å²) in [6.45, 7) is 0. The van der Waals surface area contributed by atoms with E-state index in [4.69, 9.17) is 28.5 Å². The number of fused-ring (bicyclic) bond motifs is 1. The molecule has 0 aliphatic rings. The number of nitrogens with one attached hydrogen (secondary N) is 2. The minimum atomic E-state index is 0.143. The summed E-state index contributed by atoms with van der Waals surface area (Å²) in [4.78, 5) is 0. The largest absolute Gasteiger partial charge is 0.357 e. The van der Waals surface area contributed by atoms with Crippen molar-refractivity contribution in [2.24, 2.45) is 0 Å². The smallest absolute Gasteiger partial charge is 0.216 e. The predicted molar refractivity (Wildman–Crippen MR) is 73.2 cm³/mol. The van der Waals surface area contributed by atoms with E-state index < -0.39 is 0 Å². The van der Waals surface area contributed by atoms with E-state index in [9.17, 15) is 0 Å². The molecular weight excluding hydrogens is 319 g/mol. The number of benzene rings is 1. The van der Waals surface area contributed by atoms with Crippen LogP contribution >= 0.6 is 23.2 Å². The Morgan fingerprint density at radius 3 is 2.86 bits per heavy atom. The molecule has 0 amide bonds. The van der Waals surface area contributed by atoms with E-state index in [1.807, 2.05) is 6.07 Å². The van der Waals surface area contributed by atoms with E-state index in [-0.39, 0.29) is 11.4 Å². The van der Waals surface area contributed by atoms with Gasteiger partial charge in [-0.05, 0) is 21.6 Å². The van der Waals surface area contributed by atoms with Crippen molar-refractivity contribution in [3.05, 3.63) is 28.1 Å². The third-order valence-electron chi connectivity index (χ3n) is 2.51. The Labute approximate surface area is 126 Å². The van der Waals surface area contributed by atoms with Crippen LogP contribution in [0.2, 0.25) is 10.0 Å². The van der Waals surface area contributed by atoms with Gasteiger partial charge in [-0.3, -0.25) is 0 Å². The van der Waals surface area contributed by atoms with Gasteiger partial charge in [0.25, 0.3) is 0 Å². The third-order valence-corrected chi connectivity index (χ3v) is 3.10. The number of tetrazole rings is 1. The molecule has 104 valence electrons. The van der Waals surface area contributed by atoms with Crippen LogP contribution in [-0.2, 0) is 0 Å². The summed E-state index contributed by atoms with van der Waals surface area (Å²) in [7, 11) is 0. The monoisotopic (exact) mass is 322 g/mol. The van der Waals surface area contributed by atoms with Crippen LogP contribution in [0.1, 0.15) is 5.82 Å². The molecule has 0 unspecified atom stereocenters.